The highest BCUT2D eigenvalue weighted by molar-refractivity contribution is 5.98. The number of H-pyrrole nitrogens is 1. The lowest BCUT2D eigenvalue weighted by atomic mass is 10.1. The molecule has 3 aromatic rings. The van der Waals surface area contributed by atoms with Crippen molar-refractivity contribution >= 4 is 34.4 Å². The maximum Gasteiger partial charge on any atom is 0.308 e. The number of nitrogens with zero attached hydrogens (tertiary/aromatic N) is 1. The number of carbonyl (C=O) groups excluding carboxylic acids is 3. The van der Waals surface area contributed by atoms with Crippen molar-refractivity contribution in [1.82, 2.24) is 10.3 Å². The van der Waals surface area contributed by atoms with Crippen LogP contribution in [-0.4, -0.2) is 48.6 Å². The quantitative estimate of drug-likeness (QED) is 0.530. The molecule has 0 unspecified atom stereocenters. The van der Waals surface area contributed by atoms with E-state index in [1.807, 2.05) is 36.5 Å². The number of fused-ring (bicyclic) bond motifs is 2. The van der Waals surface area contributed by atoms with E-state index in [1.54, 1.807) is 18.2 Å². The van der Waals surface area contributed by atoms with E-state index in [9.17, 15) is 14.4 Å². The summed E-state index contributed by atoms with van der Waals surface area (Å²) in [6.07, 6.45) is 1.66. The van der Waals surface area contributed by atoms with Crippen LogP contribution in [0.5, 0.6) is 5.75 Å². The molecule has 0 saturated heterocycles. The molecule has 4 rings (SSSR count). The van der Waals surface area contributed by atoms with E-state index in [-0.39, 0.29) is 31.4 Å². The van der Waals surface area contributed by atoms with Crippen molar-refractivity contribution in [2.75, 3.05) is 24.6 Å². The number of aromatic nitrogens is 1. The van der Waals surface area contributed by atoms with Crippen molar-refractivity contribution in [2.45, 2.75) is 25.9 Å². The first-order chi connectivity index (χ1) is 15.5. The first-order valence-electron chi connectivity index (χ1n) is 10.6. The molecule has 166 valence electrons. The number of nitrogens with one attached hydrogen (secondary N) is 2. The predicted octanol–water partition coefficient (Wildman–Crippen LogP) is 2.57. The summed E-state index contributed by atoms with van der Waals surface area (Å²) < 4.78 is 10.7. The number of esters is 1. The Bertz CT molecular complexity index is 1140. The van der Waals surface area contributed by atoms with Crippen LogP contribution in [-0.2, 0) is 25.5 Å². The molecule has 2 heterocycles. The topological polar surface area (TPSA) is 101 Å². The number of hydrogen-bond acceptors (Lipinski definition) is 5. The van der Waals surface area contributed by atoms with Crippen LogP contribution >= 0.6 is 0 Å². The Morgan fingerprint density at radius 3 is 2.84 bits per heavy atom. The van der Waals surface area contributed by atoms with Crippen molar-refractivity contribution in [2.24, 2.45) is 0 Å². The van der Waals surface area contributed by atoms with Gasteiger partial charge in [-0.2, -0.15) is 0 Å². The van der Waals surface area contributed by atoms with E-state index < -0.39 is 12.1 Å². The lowest BCUT2D eigenvalue weighted by Crippen LogP contribution is -2.41. The highest BCUT2D eigenvalue weighted by Gasteiger charge is 2.26. The molecule has 0 radical (unpaired) electrons. The van der Waals surface area contributed by atoms with Crippen LogP contribution in [0.4, 0.5) is 5.69 Å². The monoisotopic (exact) mass is 435 g/mol. The summed E-state index contributed by atoms with van der Waals surface area (Å²) in [6, 6.07) is 15.1. The second-order valence-corrected chi connectivity index (χ2v) is 7.58. The van der Waals surface area contributed by atoms with Gasteiger partial charge in [-0.15, -0.1) is 0 Å². The summed E-state index contributed by atoms with van der Waals surface area (Å²) in [5, 5.41) is 3.93. The minimum atomic E-state index is -0.918. The van der Waals surface area contributed by atoms with Crippen molar-refractivity contribution in [3.8, 4) is 5.75 Å². The van der Waals surface area contributed by atoms with Crippen LogP contribution in [0.3, 0.4) is 0 Å². The van der Waals surface area contributed by atoms with Gasteiger partial charge in [-0.05, 0) is 37.1 Å². The summed E-state index contributed by atoms with van der Waals surface area (Å²) >= 11 is 0. The first-order valence-corrected chi connectivity index (χ1v) is 10.6. The Kier molecular flexibility index (Phi) is 6.39. The third kappa shape index (κ3) is 4.74. The van der Waals surface area contributed by atoms with Gasteiger partial charge in [0, 0.05) is 30.2 Å². The summed E-state index contributed by atoms with van der Waals surface area (Å²) in [7, 11) is 0. The zero-order valence-corrected chi connectivity index (χ0v) is 17.8. The second-order valence-electron chi connectivity index (χ2n) is 7.58. The van der Waals surface area contributed by atoms with Gasteiger partial charge in [0.05, 0.1) is 12.1 Å². The lowest BCUT2D eigenvalue weighted by molar-refractivity contribution is -0.154. The Labute approximate surface area is 185 Å². The van der Waals surface area contributed by atoms with Crippen molar-refractivity contribution in [1.29, 1.82) is 0 Å². The van der Waals surface area contributed by atoms with Gasteiger partial charge in [-0.3, -0.25) is 14.4 Å². The number of benzene rings is 2. The number of hydrogen-bond donors (Lipinski definition) is 2. The highest BCUT2D eigenvalue weighted by Crippen LogP contribution is 2.31. The standard InChI is InChI=1S/C24H25N3O5/c1-16(24(30)25-12-10-17-14-26-19-7-3-2-6-18(17)19)32-23(29)11-13-27-20-8-4-5-9-21(20)31-15-22(27)28/h2-9,14,16,26H,10-13,15H2,1H3,(H,25,30)/t16-/m0/s1. The molecule has 1 atom stereocenters. The molecule has 8 nitrogen and oxygen atoms in total. The molecule has 0 saturated carbocycles. The van der Waals surface area contributed by atoms with Crippen LogP contribution in [0.1, 0.15) is 18.9 Å². The zero-order chi connectivity index (χ0) is 22.5. The molecule has 2 amide bonds. The molecule has 0 spiro atoms. The maximum atomic E-state index is 12.3. The maximum absolute atomic E-state index is 12.3. The van der Waals surface area contributed by atoms with Gasteiger partial charge in [-0.1, -0.05) is 30.3 Å². The summed E-state index contributed by atoms with van der Waals surface area (Å²) in [6.45, 7) is 2.06. The van der Waals surface area contributed by atoms with Gasteiger partial charge in [0.2, 0.25) is 0 Å². The van der Waals surface area contributed by atoms with Gasteiger partial charge >= 0.3 is 5.97 Å². The Morgan fingerprint density at radius 1 is 1.19 bits per heavy atom. The van der Waals surface area contributed by atoms with Crippen LogP contribution in [0.2, 0.25) is 0 Å². The van der Waals surface area contributed by atoms with Gasteiger partial charge in [0.1, 0.15) is 5.75 Å². The molecule has 32 heavy (non-hydrogen) atoms. The number of ether oxygens (including phenoxy) is 2. The number of anilines is 1. The summed E-state index contributed by atoms with van der Waals surface area (Å²) in [5.74, 6) is -0.518. The molecule has 2 aromatic carbocycles. The van der Waals surface area contributed by atoms with Gasteiger partial charge in [-0.25, -0.2) is 0 Å². The van der Waals surface area contributed by atoms with Gasteiger partial charge in [0.25, 0.3) is 11.8 Å². The van der Waals surface area contributed by atoms with Crippen LogP contribution < -0.4 is 15.0 Å². The smallest absolute Gasteiger partial charge is 0.308 e. The van der Waals surface area contributed by atoms with E-state index in [0.29, 0.717) is 24.4 Å². The minimum Gasteiger partial charge on any atom is -0.482 e. The van der Waals surface area contributed by atoms with Crippen molar-refractivity contribution < 1.29 is 23.9 Å². The van der Waals surface area contributed by atoms with Gasteiger partial charge in [0.15, 0.2) is 12.7 Å². The Hall–Kier alpha value is -3.81. The van der Waals surface area contributed by atoms with E-state index in [1.165, 1.54) is 11.8 Å². The number of amides is 2. The number of aromatic amines is 1. The fraction of sp³-hybridized carbons (Fsp3) is 0.292. The zero-order valence-electron chi connectivity index (χ0n) is 17.8. The van der Waals surface area contributed by atoms with Crippen molar-refractivity contribution in [3.05, 3.63) is 60.3 Å². The molecule has 1 aliphatic heterocycles. The summed E-state index contributed by atoms with van der Waals surface area (Å²) in [5.41, 5.74) is 2.79. The van der Waals surface area contributed by atoms with E-state index >= 15 is 0 Å². The molecule has 0 bridgehead atoms. The van der Waals surface area contributed by atoms with E-state index in [4.69, 9.17) is 9.47 Å². The third-order valence-corrected chi connectivity index (χ3v) is 5.39. The Morgan fingerprint density at radius 2 is 1.97 bits per heavy atom. The molecule has 0 fully saturated rings. The average Bonchev–Trinajstić information content (AvgIpc) is 3.21. The Balaban J connectivity index is 1.23. The molecular weight excluding hydrogens is 410 g/mol. The van der Waals surface area contributed by atoms with E-state index in [2.05, 4.69) is 10.3 Å². The highest BCUT2D eigenvalue weighted by atomic mass is 16.5. The van der Waals surface area contributed by atoms with E-state index in [0.717, 1.165) is 16.5 Å². The second kappa shape index (κ2) is 9.55. The minimum absolute atomic E-state index is 0.0208. The largest absolute Gasteiger partial charge is 0.482 e. The van der Waals surface area contributed by atoms with Crippen LogP contribution in [0.25, 0.3) is 10.9 Å². The average molecular weight is 435 g/mol. The lowest BCUT2D eigenvalue weighted by Gasteiger charge is -2.29. The molecule has 1 aliphatic rings. The normalized spacial score (nSPS) is 13.9. The SMILES string of the molecule is C[C@H](OC(=O)CCN1C(=O)COc2ccccc21)C(=O)NCCc1c[nH]c2ccccc12. The molecule has 1 aromatic heterocycles. The number of para-hydroxylation sites is 3. The summed E-state index contributed by atoms with van der Waals surface area (Å²) in [4.78, 5) is 41.5. The number of rotatable bonds is 8. The van der Waals surface area contributed by atoms with Crippen molar-refractivity contribution in [3.63, 3.8) is 0 Å². The van der Waals surface area contributed by atoms with Gasteiger partial charge < -0.3 is 24.7 Å². The number of carbonyl (C=O) groups is 3. The molecule has 2 N–H and O–H groups in total. The molecule has 0 aliphatic carbocycles. The van der Waals surface area contributed by atoms with Crippen LogP contribution in [0, 0.1) is 0 Å². The molecular formula is C24H25N3O5. The predicted molar refractivity (Wildman–Crippen MR) is 119 cm³/mol. The van der Waals surface area contributed by atoms with Crippen LogP contribution in [0.15, 0.2) is 54.7 Å². The fourth-order valence-electron chi connectivity index (χ4n) is 3.71. The molecule has 8 heteroatoms. The third-order valence-electron chi connectivity index (χ3n) is 5.39. The fourth-order valence-corrected chi connectivity index (χ4v) is 3.71. The first kappa shape index (κ1) is 21.4.